The van der Waals surface area contributed by atoms with Crippen LogP contribution in [0.15, 0.2) is 12.2 Å². The van der Waals surface area contributed by atoms with E-state index in [-0.39, 0.29) is 18.5 Å². The van der Waals surface area contributed by atoms with Gasteiger partial charge in [0, 0.05) is 12.8 Å². The van der Waals surface area contributed by atoms with Gasteiger partial charge >= 0.3 is 5.97 Å². The first kappa shape index (κ1) is 87.6. The molecule has 0 bridgehead atoms. The van der Waals surface area contributed by atoms with Gasteiger partial charge in [0.05, 0.1) is 25.4 Å². The van der Waals surface area contributed by atoms with Crippen LogP contribution in [0.5, 0.6) is 0 Å². The molecule has 2 atom stereocenters. The normalized spacial score (nSPS) is 12.4. The fourth-order valence-corrected chi connectivity index (χ4v) is 13.5. The highest BCUT2D eigenvalue weighted by atomic mass is 16.5. The Labute approximate surface area is 559 Å². The lowest BCUT2D eigenvalue weighted by Crippen LogP contribution is -2.45. The molecule has 6 nitrogen and oxygen atoms in total. The number of aliphatic hydroxyl groups is 2. The summed E-state index contributed by atoms with van der Waals surface area (Å²) in [5.41, 5.74) is 0. The maximum Gasteiger partial charge on any atom is 0.305 e. The number of carbonyl (C=O) groups excluding carboxylic acids is 2. The lowest BCUT2D eigenvalue weighted by molar-refractivity contribution is -0.143. The Hall–Kier alpha value is -1.40. The number of nitrogens with one attached hydrogen (secondary N) is 1. The van der Waals surface area contributed by atoms with E-state index in [1.165, 1.54) is 417 Å². The molecule has 6 heteroatoms. The van der Waals surface area contributed by atoms with Crippen molar-refractivity contribution in [2.75, 3.05) is 13.2 Å². The van der Waals surface area contributed by atoms with Crippen LogP contribution in [-0.4, -0.2) is 47.4 Å². The quantitative estimate of drug-likeness (QED) is 0.0320. The molecule has 89 heavy (non-hydrogen) atoms. The van der Waals surface area contributed by atoms with Crippen molar-refractivity contribution in [1.82, 2.24) is 5.32 Å². The van der Waals surface area contributed by atoms with Crippen LogP contribution in [0.1, 0.15) is 483 Å². The molecule has 0 rings (SSSR count). The van der Waals surface area contributed by atoms with Crippen LogP contribution in [0.3, 0.4) is 0 Å². The van der Waals surface area contributed by atoms with E-state index < -0.39 is 12.1 Å². The van der Waals surface area contributed by atoms with Crippen molar-refractivity contribution in [2.24, 2.45) is 0 Å². The first-order valence-corrected chi connectivity index (χ1v) is 41.5. The first-order valence-electron chi connectivity index (χ1n) is 41.5. The highest BCUT2D eigenvalue weighted by molar-refractivity contribution is 5.76. The zero-order chi connectivity index (χ0) is 64.2. The molecule has 0 aliphatic heterocycles. The molecule has 3 N–H and O–H groups in total. The summed E-state index contributed by atoms with van der Waals surface area (Å²) in [5, 5.41) is 23.3. The van der Waals surface area contributed by atoms with Crippen LogP contribution in [0.2, 0.25) is 0 Å². The molecule has 0 saturated heterocycles. The van der Waals surface area contributed by atoms with Crippen molar-refractivity contribution >= 4 is 11.9 Å². The number of rotatable bonds is 79. The highest BCUT2D eigenvalue weighted by Crippen LogP contribution is 2.21. The van der Waals surface area contributed by atoms with E-state index in [4.69, 9.17) is 4.74 Å². The van der Waals surface area contributed by atoms with Gasteiger partial charge in [-0.2, -0.15) is 0 Å². The number of aliphatic hydroxyl groups excluding tert-OH is 2. The van der Waals surface area contributed by atoms with Crippen LogP contribution >= 0.6 is 0 Å². The average molecular weight is 1260 g/mol. The summed E-state index contributed by atoms with van der Waals surface area (Å²) in [6.45, 7) is 4.97. The third kappa shape index (κ3) is 75.5. The Kier molecular flexibility index (Phi) is 77.8. The molecule has 530 valence electrons. The molecule has 0 radical (unpaired) electrons. The summed E-state index contributed by atoms with van der Waals surface area (Å²) in [4.78, 5) is 24.7. The minimum Gasteiger partial charge on any atom is -0.466 e. The maximum absolute atomic E-state index is 12.6. The fourth-order valence-electron chi connectivity index (χ4n) is 13.5. The molecule has 0 aromatic rings. The zero-order valence-electron chi connectivity index (χ0n) is 61.0. The number of unbranched alkanes of at least 4 members (excludes halogenated alkanes) is 68. The van der Waals surface area contributed by atoms with Gasteiger partial charge in [0.15, 0.2) is 0 Å². The van der Waals surface area contributed by atoms with Crippen LogP contribution in [-0.2, 0) is 14.3 Å². The molecular formula is C83H163NO5. The average Bonchev–Trinajstić information content (AvgIpc) is 3.59. The van der Waals surface area contributed by atoms with Gasteiger partial charge in [0.1, 0.15) is 0 Å². The minimum atomic E-state index is -0.843. The third-order valence-corrected chi connectivity index (χ3v) is 19.8. The predicted octanol–water partition coefficient (Wildman–Crippen LogP) is 27.4. The zero-order valence-corrected chi connectivity index (χ0v) is 61.0. The molecule has 0 saturated carbocycles. The molecule has 0 aliphatic rings. The van der Waals surface area contributed by atoms with E-state index in [2.05, 4.69) is 19.2 Å². The predicted molar refractivity (Wildman–Crippen MR) is 394 cm³/mol. The Balaban J connectivity index is 3.35. The van der Waals surface area contributed by atoms with Crippen molar-refractivity contribution in [3.63, 3.8) is 0 Å². The maximum atomic E-state index is 12.6. The van der Waals surface area contributed by atoms with Gasteiger partial charge in [-0.3, -0.25) is 9.59 Å². The van der Waals surface area contributed by atoms with Crippen molar-refractivity contribution in [3.05, 3.63) is 12.2 Å². The van der Waals surface area contributed by atoms with Gasteiger partial charge in [0.2, 0.25) is 5.91 Å². The van der Waals surface area contributed by atoms with Gasteiger partial charge in [0.25, 0.3) is 0 Å². The minimum absolute atomic E-state index is 0.0251. The van der Waals surface area contributed by atoms with Gasteiger partial charge < -0.3 is 20.3 Å². The summed E-state index contributed by atoms with van der Waals surface area (Å²) in [5.74, 6) is -0.0332. The number of amides is 1. The Morgan fingerprint density at radius 3 is 0.764 bits per heavy atom. The summed E-state index contributed by atoms with van der Waals surface area (Å²) < 4.78 is 5.52. The van der Waals surface area contributed by atoms with Gasteiger partial charge in [-0.25, -0.2) is 0 Å². The van der Waals surface area contributed by atoms with Crippen molar-refractivity contribution in [2.45, 2.75) is 495 Å². The molecule has 1 amide bonds. The van der Waals surface area contributed by atoms with Crippen molar-refractivity contribution in [3.8, 4) is 0 Å². The number of ether oxygens (including phenoxy) is 1. The summed E-state index contributed by atoms with van der Waals surface area (Å²) in [7, 11) is 0. The first-order chi connectivity index (χ1) is 44.0. The van der Waals surface area contributed by atoms with Gasteiger partial charge in [-0.05, 0) is 32.1 Å². The molecular weight excluding hydrogens is 1090 g/mol. The number of allylic oxidation sites excluding steroid dienone is 1. The van der Waals surface area contributed by atoms with E-state index in [0.29, 0.717) is 19.4 Å². The Morgan fingerprint density at radius 2 is 0.517 bits per heavy atom. The Bertz CT molecular complexity index is 1350. The second-order valence-electron chi connectivity index (χ2n) is 28.8. The van der Waals surface area contributed by atoms with Crippen LogP contribution in [0.25, 0.3) is 0 Å². The van der Waals surface area contributed by atoms with E-state index in [0.717, 1.165) is 38.5 Å². The smallest absolute Gasteiger partial charge is 0.305 e. The summed E-state index contributed by atoms with van der Waals surface area (Å²) in [6.07, 6.45) is 101. The van der Waals surface area contributed by atoms with Crippen LogP contribution in [0.4, 0.5) is 0 Å². The van der Waals surface area contributed by atoms with Crippen molar-refractivity contribution < 1.29 is 24.5 Å². The largest absolute Gasteiger partial charge is 0.466 e. The SMILES string of the molecule is CCCCCCCCCCCCCCCCCCCCCCCCC/C=C/C(O)C(CO)NC(=O)CCCCCCCCCCCCCCCCCCCCCCCCCCCCCCCOC(=O)CCCCCCCCCCCCCCCCCCCC. The van der Waals surface area contributed by atoms with E-state index in [1.807, 2.05) is 6.08 Å². The van der Waals surface area contributed by atoms with Gasteiger partial charge in [-0.1, -0.05) is 450 Å². The van der Waals surface area contributed by atoms with Crippen molar-refractivity contribution in [1.29, 1.82) is 0 Å². The summed E-state index contributed by atoms with van der Waals surface area (Å²) >= 11 is 0. The van der Waals surface area contributed by atoms with E-state index >= 15 is 0 Å². The van der Waals surface area contributed by atoms with Crippen LogP contribution < -0.4 is 5.32 Å². The fraction of sp³-hybridized carbons (Fsp3) is 0.952. The topological polar surface area (TPSA) is 95.9 Å². The number of carbonyl (C=O) groups is 2. The summed E-state index contributed by atoms with van der Waals surface area (Å²) in [6, 6.07) is -0.626. The van der Waals surface area contributed by atoms with E-state index in [1.54, 1.807) is 6.08 Å². The molecule has 0 aromatic carbocycles. The number of hydrogen-bond acceptors (Lipinski definition) is 5. The lowest BCUT2D eigenvalue weighted by Gasteiger charge is -2.20. The molecule has 0 aliphatic carbocycles. The second kappa shape index (κ2) is 79.0. The third-order valence-electron chi connectivity index (χ3n) is 19.8. The molecule has 0 fully saturated rings. The standard InChI is InChI=1S/C83H163NO5/c1-3-5-7-9-11-13-15-17-19-21-23-24-25-31-34-37-40-43-47-51-55-59-63-67-71-75-81(86)80(79-85)84-82(87)76-72-68-64-60-56-52-48-44-41-38-35-32-29-27-26-28-30-33-36-39-42-46-50-54-58-62-66-70-74-78-89-83(88)77-73-69-65-61-57-53-49-45-22-20-18-16-14-12-10-8-6-4-2/h71,75,80-81,85-86H,3-70,72-74,76-79H2,1-2H3,(H,84,87)/b75-71+. The molecule has 2 unspecified atom stereocenters. The number of hydrogen-bond donors (Lipinski definition) is 3. The van der Waals surface area contributed by atoms with Gasteiger partial charge in [-0.15, -0.1) is 0 Å². The monoisotopic (exact) mass is 1250 g/mol. The molecule has 0 spiro atoms. The molecule has 0 heterocycles. The Morgan fingerprint density at radius 1 is 0.303 bits per heavy atom. The van der Waals surface area contributed by atoms with Crippen LogP contribution in [0, 0.1) is 0 Å². The lowest BCUT2D eigenvalue weighted by atomic mass is 10.0. The second-order valence-corrected chi connectivity index (χ2v) is 28.8. The highest BCUT2D eigenvalue weighted by Gasteiger charge is 2.18. The number of esters is 1. The molecule has 0 aromatic heterocycles. The van der Waals surface area contributed by atoms with E-state index in [9.17, 15) is 19.8 Å².